The topological polar surface area (TPSA) is 79.2 Å². The zero-order valence-corrected chi connectivity index (χ0v) is 20.2. The lowest BCUT2D eigenvalue weighted by molar-refractivity contribution is -0.200. The van der Waals surface area contributed by atoms with Crippen molar-refractivity contribution in [1.29, 1.82) is 0 Å². The minimum absolute atomic E-state index is 0.375. The number of aliphatic hydroxyl groups excluding tert-OH is 3. The lowest BCUT2D eigenvalue weighted by Gasteiger charge is -2.40. The molecule has 0 aliphatic carbocycles. The van der Waals surface area contributed by atoms with Crippen LogP contribution in [0.3, 0.4) is 0 Å². The molecule has 2 aromatic carbocycles. The Labute approximate surface area is 195 Å². The highest BCUT2D eigenvalue weighted by Gasteiger charge is 2.56. The maximum Gasteiger partial charge on any atom is 0.132 e. The van der Waals surface area contributed by atoms with Crippen LogP contribution in [0.5, 0.6) is 0 Å². The highest BCUT2D eigenvalue weighted by atomic mass is 32.2. The summed E-state index contributed by atoms with van der Waals surface area (Å²) < 4.78 is 11.6. The Morgan fingerprint density at radius 2 is 1.84 bits per heavy atom. The molecule has 0 saturated carbocycles. The normalized spacial score (nSPS) is 37.3. The molecule has 8 atom stereocenters. The van der Waals surface area contributed by atoms with Crippen LogP contribution in [0.25, 0.3) is 0 Å². The molecule has 2 unspecified atom stereocenters. The summed E-state index contributed by atoms with van der Waals surface area (Å²) in [5.41, 5.74) is 6.00. The summed E-state index contributed by atoms with van der Waals surface area (Å²) in [6.45, 7) is 3.87. The first-order chi connectivity index (χ1) is 15.4. The van der Waals surface area contributed by atoms with Gasteiger partial charge in [-0.3, -0.25) is 0 Å². The zero-order valence-electron chi connectivity index (χ0n) is 18.4. The van der Waals surface area contributed by atoms with Crippen LogP contribution in [0.2, 0.25) is 0 Å². The van der Waals surface area contributed by atoms with Crippen LogP contribution in [0.15, 0.2) is 42.5 Å². The van der Waals surface area contributed by atoms with Crippen LogP contribution < -0.4 is 0 Å². The number of aryl methyl sites for hydroxylation is 1. The van der Waals surface area contributed by atoms with Gasteiger partial charge >= 0.3 is 0 Å². The number of rotatable bonds is 5. The predicted molar refractivity (Wildman–Crippen MR) is 129 cm³/mol. The van der Waals surface area contributed by atoms with E-state index in [1.54, 1.807) is 0 Å². The Bertz CT molecular complexity index is 967. The second-order valence-electron chi connectivity index (χ2n) is 9.19. The van der Waals surface area contributed by atoms with Crippen LogP contribution in [0.4, 0.5) is 0 Å². The standard InChI is InChI=1S/C25H31O5PS/c1-14-3-6-16(23-21(27)20(26)22(28)24(30-23)32-2)12-17(14)11-15-4-7-18(8-5-15)25-9-10-29-13-19(25)31-25/h3-8,12,19-24,26-28,31H,9-11,13H2,1-2H3/t19-,20-,21-,22+,23?,24-,25-/m1/s1. The van der Waals surface area contributed by atoms with E-state index >= 15 is 0 Å². The van der Waals surface area contributed by atoms with Crippen LogP contribution in [-0.4, -0.2) is 64.2 Å². The molecule has 0 aromatic heterocycles. The first-order valence-electron chi connectivity index (χ1n) is 11.2. The Kier molecular flexibility index (Phi) is 6.41. The van der Waals surface area contributed by atoms with Gasteiger partial charge in [0.1, 0.15) is 29.9 Å². The summed E-state index contributed by atoms with van der Waals surface area (Å²) in [6.07, 6.45) is -0.437. The third kappa shape index (κ3) is 4.05. The van der Waals surface area contributed by atoms with Crippen LogP contribution in [-0.2, 0) is 21.1 Å². The van der Waals surface area contributed by atoms with Crippen molar-refractivity contribution in [3.63, 3.8) is 0 Å². The number of hydrogen-bond donors (Lipinski definition) is 3. The molecule has 32 heavy (non-hydrogen) atoms. The first kappa shape index (κ1) is 22.8. The average molecular weight is 475 g/mol. The fourth-order valence-electron chi connectivity index (χ4n) is 5.08. The van der Waals surface area contributed by atoms with E-state index in [0.29, 0.717) is 10.8 Å². The van der Waals surface area contributed by atoms with Gasteiger partial charge in [0, 0.05) is 17.4 Å². The maximum atomic E-state index is 10.6. The Morgan fingerprint density at radius 1 is 1.06 bits per heavy atom. The molecule has 3 N–H and O–H groups in total. The van der Waals surface area contributed by atoms with Gasteiger partial charge in [-0.2, -0.15) is 0 Å². The molecule has 3 saturated heterocycles. The van der Waals surface area contributed by atoms with Gasteiger partial charge < -0.3 is 24.8 Å². The minimum Gasteiger partial charge on any atom is -0.387 e. The van der Waals surface area contributed by atoms with Crippen molar-refractivity contribution in [2.75, 3.05) is 19.5 Å². The fraction of sp³-hybridized carbons (Fsp3) is 0.520. The SMILES string of the molecule is CS[C@H]1OC(c2ccc(C)c(Cc3ccc([C@]45CCOC[C@H]4P5)cc3)c2)[C@H](O)[C@@H](O)[C@@H]1O. The van der Waals surface area contributed by atoms with Gasteiger partial charge in [-0.15, -0.1) is 20.3 Å². The number of fused-ring (bicyclic) bond motifs is 1. The molecule has 3 heterocycles. The zero-order chi connectivity index (χ0) is 22.5. The number of ether oxygens (including phenoxy) is 2. The van der Waals surface area contributed by atoms with E-state index in [4.69, 9.17) is 9.47 Å². The first-order valence-corrected chi connectivity index (χ1v) is 13.6. The van der Waals surface area contributed by atoms with Gasteiger partial charge in [-0.1, -0.05) is 42.5 Å². The molecule has 3 fully saturated rings. The molecule has 2 aromatic rings. The Morgan fingerprint density at radius 3 is 2.56 bits per heavy atom. The van der Waals surface area contributed by atoms with Gasteiger partial charge in [0.2, 0.25) is 0 Å². The van der Waals surface area contributed by atoms with Crippen molar-refractivity contribution < 1.29 is 24.8 Å². The molecule has 0 bridgehead atoms. The van der Waals surface area contributed by atoms with E-state index < -0.39 is 29.9 Å². The molecule has 7 heteroatoms. The minimum atomic E-state index is -1.24. The summed E-state index contributed by atoms with van der Waals surface area (Å²) in [4.78, 5) is 0. The third-order valence-electron chi connectivity index (χ3n) is 7.24. The molecule has 3 aliphatic rings. The summed E-state index contributed by atoms with van der Waals surface area (Å²) in [5, 5.41) is 31.4. The van der Waals surface area contributed by atoms with E-state index in [-0.39, 0.29) is 0 Å². The van der Waals surface area contributed by atoms with Gasteiger partial charge in [0.05, 0.1) is 6.61 Å². The van der Waals surface area contributed by atoms with E-state index in [1.807, 2.05) is 18.4 Å². The highest BCUT2D eigenvalue weighted by molar-refractivity contribution is 7.99. The molecule has 0 radical (unpaired) electrons. The van der Waals surface area contributed by atoms with E-state index in [0.717, 1.165) is 40.2 Å². The Hall–Kier alpha value is -0.980. The van der Waals surface area contributed by atoms with Gasteiger partial charge in [0.15, 0.2) is 0 Å². The summed E-state index contributed by atoms with van der Waals surface area (Å²) in [7, 11) is 0.983. The largest absolute Gasteiger partial charge is 0.387 e. The fourth-order valence-corrected chi connectivity index (χ4v) is 7.46. The van der Waals surface area contributed by atoms with Crippen LogP contribution in [0, 0.1) is 6.92 Å². The van der Waals surface area contributed by atoms with Crippen LogP contribution in [0.1, 0.15) is 40.3 Å². The molecular weight excluding hydrogens is 443 g/mol. The van der Waals surface area contributed by atoms with Crippen molar-refractivity contribution in [3.8, 4) is 0 Å². The monoisotopic (exact) mass is 474 g/mol. The molecule has 3 aliphatic heterocycles. The second kappa shape index (κ2) is 8.99. The lowest BCUT2D eigenvalue weighted by atomic mass is 9.89. The Balaban J connectivity index is 1.34. The third-order valence-corrected chi connectivity index (χ3v) is 10.2. The van der Waals surface area contributed by atoms with E-state index in [1.165, 1.54) is 34.0 Å². The van der Waals surface area contributed by atoms with Gasteiger partial charge in [0.25, 0.3) is 0 Å². The molecule has 0 spiro atoms. The van der Waals surface area contributed by atoms with E-state index in [2.05, 4.69) is 37.3 Å². The molecule has 172 valence electrons. The maximum absolute atomic E-state index is 10.6. The molecular formula is C25H31O5PS. The van der Waals surface area contributed by atoms with Crippen molar-refractivity contribution in [1.82, 2.24) is 0 Å². The lowest BCUT2D eigenvalue weighted by Crippen LogP contribution is -2.52. The smallest absolute Gasteiger partial charge is 0.132 e. The summed E-state index contributed by atoms with van der Waals surface area (Å²) in [6, 6.07) is 15.1. The van der Waals surface area contributed by atoms with Gasteiger partial charge in [-0.05, 0) is 53.8 Å². The highest BCUT2D eigenvalue weighted by Crippen LogP contribution is 2.70. The summed E-state index contributed by atoms with van der Waals surface area (Å²) in [5.74, 6) is 0. The molecule has 5 nitrogen and oxygen atoms in total. The van der Waals surface area contributed by atoms with Crippen molar-refractivity contribution >= 4 is 20.3 Å². The van der Waals surface area contributed by atoms with Crippen molar-refractivity contribution in [2.45, 2.75) is 60.4 Å². The number of aliphatic hydroxyl groups is 3. The van der Waals surface area contributed by atoms with Gasteiger partial charge in [-0.25, -0.2) is 0 Å². The number of benzene rings is 2. The number of hydrogen-bond acceptors (Lipinski definition) is 6. The quantitative estimate of drug-likeness (QED) is 0.578. The number of thioether (sulfide) groups is 1. The molecule has 0 amide bonds. The van der Waals surface area contributed by atoms with Crippen molar-refractivity contribution in [3.05, 3.63) is 70.3 Å². The average Bonchev–Trinajstić information content (AvgIpc) is 3.56. The van der Waals surface area contributed by atoms with Crippen LogP contribution >= 0.6 is 20.3 Å². The predicted octanol–water partition coefficient (Wildman–Crippen LogP) is 3.11. The second-order valence-corrected chi connectivity index (χ2v) is 12.0. The summed E-state index contributed by atoms with van der Waals surface area (Å²) >= 11 is 1.33. The van der Waals surface area contributed by atoms with E-state index in [9.17, 15) is 15.3 Å². The van der Waals surface area contributed by atoms with Crippen molar-refractivity contribution in [2.24, 2.45) is 0 Å². The molecule has 5 rings (SSSR count).